The van der Waals surface area contributed by atoms with Gasteiger partial charge in [-0.15, -0.1) is 0 Å². The van der Waals surface area contributed by atoms with Crippen LogP contribution in [0.25, 0.3) is 10.4 Å². The minimum Gasteiger partial charge on any atom is -0.231 e. The summed E-state index contributed by atoms with van der Waals surface area (Å²) in [7, 11) is 0. The van der Waals surface area contributed by atoms with Crippen LogP contribution in [0.5, 0.6) is 0 Å². The topological polar surface area (TPSA) is 48.8 Å². The molecule has 0 heterocycles. The minimum atomic E-state index is -5.74. The molecule has 0 aromatic heterocycles. The summed E-state index contributed by atoms with van der Waals surface area (Å²) in [5, 5.41) is 1.38. The molecule has 0 rings (SSSR count). The summed E-state index contributed by atoms with van der Waals surface area (Å²) in [4.78, 5) is 1.38. The number of hydrogen-bond acceptors (Lipinski definition) is 1. The fraction of sp³-hybridized carbons (Fsp3) is 1.00. The van der Waals surface area contributed by atoms with Gasteiger partial charge in [-0.2, -0.15) is 22.0 Å². The van der Waals surface area contributed by atoms with E-state index in [1.54, 1.807) is 0 Å². The van der Waals surface area contributed by atoms with Crippen molar-refractivity contribution >= 4 is 0 Å². The van der Waals surface area contributed by atoms with Crippen LogP contribution in [0.1, 0.15) is 0 Å². The largest absolute Gasteiger partial charge is 0.425 e. The zero-order chi connectivity index (χ0) is 9.99. The van der Waals surface area contributed by atoms with Crippen molar-refractivity contribution in [3.8, 4) is 0 Å². The first kappa shape index (κ1) is 10.9. The first-order valence-electron chi connectivity index (χ1n) is 2.36. The number of alkyl halides is 6. The van der Waals surface area contributed by atoms with Crippen LogP contribution < -0.4 is 0 Å². The summed E-state index contributed by atoms with van der Waals surface area (Å²) in [6.07, 6.45) is -10.2. The lowest BCUT2D eigenvalue weighted by atomic mass is 10.3. The number of nitrogens with zero attached hydrogens (tertiary/aromatic N) is 3. The average molecular weight is 193 g/mol. The van der Waals surface area contributed by atoms with Crippen molar-refractivity contribution in [2.24, 2.45) is 5.11 Å². The Morgan fingerprint density at radius 3 is 1.83 bits per heavy atom. The van der Waals surface area contributed by atoms with Gasteiger partial charge in [-0.3, -0.25) is 0 Å². The van der Waals surface area contributed by atoms with E-state index in [-0.39, 0.29) is 0 Å². The van der Waals surface area contributed by atoms with E-state index >= 15 is 0 Å². The number of halogens is 6. The van der Waals surface area contributed by atoms with E-state index in [9.17, 15) is 26.3 Å². The van der Waals surface area contributed by atoms with Gasteiger partial charge in [-0.05, 0) is 10.6 Å². The molecule has 0 spiro atoms. The molecular formula is C3HF6N3. The smallest absolute Gasteiger partial charge is 0.231 e. The second-order valence-corrected chi connectivity index (χ2v) is 1.68. The molecule has 3 nitrogen and oxygen atoms in total. The molecule has 0 fully saturated rings. The van der Waals surface area contributed by atoms with Crippen LogP contribution in [-0.4, -0.2) is 18.4 Å². The third-order valence-electron chi connectivity index (χ3n) is 0.770. The number of rotatable bonds is 2. The predicted molar refractivity (Wildman–Crippen MR) is 25.0 cm³/mol. The van der Waals surface area contributed by atoms with Gasteiger partial charge in [0.1, 0.15) is 0 Å². The summed E-state index contributed by atoms with van der Waals surface area (Å²) in [6, 6.07) is -5.09. The molecular weight excluding hydrogens is 192 g/mol. The highest BCUT2D eigenvalue weighted by molar-refractivity contribution is 4.80. The van der Waals surface area contributed by atoms with Gasteiger partial charge in [0.25, 0.3) is 6.17 Å². The zero-order valence-corrected chi connectivity index (χ0v) is 5.19. The van der Waals surface area contributed by atoms with E-state index in [4.69, 9.17) is 5.53 Å². The first-order valence-corrected chi connectivity index (χ1v) is 2.36. The summed E-state index contributed by atoms with van der Waals surface area (Å²) < 4.78 is 69.0. The van der Waals surface area contributed by atoms with Crippen molar-refractivity contribution < 1.29 is 26.3 Å². The Morgan fingerprint density at radius 1 is 1.17 bits per heavy atom. The molecule has 0 aliphatic rings. The van der Waals surface area contributed by atoms with Crippen molar-refractivity contribution in [2.45, 2.75) is 18.4 Å². The minimum absolute atomic E-state index is 1.38. The van der Waals surface area contributed by atoms with Gasteiger partial charge >= 0.3 is 12.2 Å². The van der Waals surface area contributed by atoms with Crippen LogP contribution >= 0.6 is 0 Å². The van der Waals surface area contributed by atoms with Gasteiger partial charge in [0.2, 0.25) is 0 Å². The maximum absolute atomic E-state index is 11.8. The van der Waals surface area contributed by atoms with E-state index in [2.05, 4.69) is 0 Å². The predicted octanol–water partition coefficient (Wildman–Crippen LogP) is 2.79. The van der Waals surface area contributed by atoms with Gasteiger partial charge in [0.15, 0.2) is 0 Å². The summed E-state index contributed by atoms with van der Waals surface area (Å²) in [5.74, 6) is 0. The van der Waals surface area contributed by atoms with Crippen molar-refractivity contribution in [3.63, 3.8) is 0 Å². The Labute approximate surface area is 61.6 Å². The highest BCUT2D eigenvalue weighted by Gasteiger charge is 2.56. The Hall–Kier alpha value is -1.11. The zero-order valence-electron chi connectivity index (χ0n) is 5.19. The van der Waals surface area contributed by atoms with Gasteiger partial charge in [0.05, 0.1) is 0 Å². The monoisotopic (exact) mass is 193 g/mol. The SMILES string of the molecule is [N-]=[N+]=NC(F)(F)C(F)C(F)(F)F. The standard InChI is InChI=1S/C3HF6N3/c4-1(2(5,6)7)3(8,9)11-12-10/h1H. The van der Waals surface area contributed by atoms with Gasteiger partial charge < -0.3 is 0 Å². The Kier molecular flexibility index (Phi) is 2.81. The van der Waals surface area contributed by atoms with Crippen LogP contribution in [0.4, 0.5) is 26.3 Å². The molecule has 0 aromatic rings. The fourth-order valence-corrected chi connectivity index (χ4v) is 0.307. The molecule has 0 aliphatic carbocycles. The van der Waals surface area contributed by atoms with Gasteiger partial charge in [-0.1, -0.05) is 0 Å². The summed E-state index contributed by atoms with van der Waals surface area (Å²) >= 11 is 0. The van der Waals surface area contributed by atoms with E-state index in [0.29, 0.717) is 0 Å². The lowest BCUT2D eigenvalue weighted by Crippen LogP contribution is -2.39. The molecule has 0 saturated heterocycles. The van der Waals surface area contributed by atoms with Gasteiger partial charge in [0, 0.05) is 4.91 Å². The second-order valence-electron chi connectivity index (χ2n) is 1.68. The lowest BCUT2D eigenvalue weighted by molar-refractivity contribution is -0.242. The van der Waals surface area contributed by atoms with Crippen molar-refractivity contribution in [2.75, 3.05) is 0 Å². The normalized spacial score (nSPS) is 15.2. The molecule has 0 radical (unpaired) electrons. The Balaban J connectivity index is 4.68. The molecule has 0 bridgehead atoms. The number of hydrogen-bond donors (Lipinski definition) is 0. The van der Waals surface area contributed by atoms with E-state index in [1.165, 1.54) is 10.0 Å². The van der Waals surface area contributed by atoms with E-state index < -0.39 is 18.4 Å². The molecule has 1 atom stereocenters. The van der Waals surface area contributed by atoms with Crippen LogP contribution in [0.2, 0.25) is 0 Å². The van der Waals surface area contributed by atoms with Crippen LogP contribution in [0.3, 0.4) is 0 Å². The Morgan fingerprint density at radius 2 is 1.58 bits per heavy atom. The summed E-state index contributed by atoms with van der Waals surface area (Å²) in [6.45, 7) is 0. The number of azide groups is 1. The highest BCUT2D eigenvalue weighted by Crippen LogP contribution is 2.35. The average Bonchev–Trinajstić information content (AvgIpc) is 1.84. The van der Waals surface area contributed by atoms with Crippen molar-refractivity contribution in [1.82, 2.24) is 0 Å². The molecule has 0 aliphatic heterocycles. The van der Waals surface area contributed by atoms with E-state index in [0.717, 1.165) is 0 Å². The lowest BCUT2D eigenvalue weighted by Gasteiger charge is -2.17. The highest BCUT2D eigenvalue weighted by atomic mass is 19.4. The molecule has 0 aromatic carbocycles. The second kappa shape index (κ2) is 3.10. The maximum Gasteiger partial charge on any atom is 0.425 e. The molecule has 0 amide bonds. The first-order chi connectivity index (χ1) is 5.22. The van der Waals surface area contributed by atoms with Gasteiger partial charge in [-0.25, -0.2) is 4.39 Å². The Bertz CT molecular complexity index is 203. The van der Waals surface area contributed by atoms with Crippen LogP contribution in [0, 0.1) is 0 Å². The summed E-state index contributed by atoms with van der Waals surface area (Å²) in [5.41, 5.74) is 7.36. The maximum atomic E-state index is 11.8. The molecule has 70 valence electrons. The molecule has 12 heavy (non-hydrogen) atoms. The molecule has 1 unspecified atom stereocenters. The quantitative estimate of drug-likeness (QED) is 0.213. The van der Waals surface area contributed by atoms with E-state index in [1.807, 2.05) is 0 Å². The van der Waals surface area contributed by atoms with Crippen molar-refractivity contribution in [3.05, 3.63) is 10.4 Å². The third-order valence-corrected chi connectivity index (χ3v) is 0.770. The van der Waals surface area contributed by atoms with Crippen LogP contribution in [0.15, 0.2) is 5.11 Å². The van der Waals surface area contributed by atoms with Crippen LogP contribution in [-0.2, 0) is 0 Å². The van der Waals surface area contributed by atoms with Crippen molar-refractivity contribution in [1.29, 1.82) is 0 Å². The third kappa shape index (κ3) is 2.50. The fourth-order valence-electron chi connectivity index (χ4n) is 0.307. The molecule has 0 saturated carbocycles. The molecule has 0 N–H and O–H groups in total. The molecule has 9 heteroatoms.